The highest BCUT2D eigenvalue weighted by molar-refractivity contribution is 5.97. The summed E-state index contributed by atoms with van der Waals surface area (Å²) in [6.45, 7) is 7.47. The van der Waals surface area contributed by atoms with Crippen LogP contribution in [0.1, 0.15) is 36.5 Å². The number of hydrogen-bond donors (Lipinski definition) is 1. The lowest BCUT2D eigenvalue weighted by Gasteiger charge is -2.43. The summed E-state index contributed by atoms with van der Waals surface area (Å²) < 4.78 is 11.3. The molecule has 3 fully saturated rings. The molecule has 6 heteroatoms. The zero-order valence-electron chi connectivity index (χ0n) is 16.8. The fraction of sp³-hybridized carbons (Fsp3) is 0.682. The Bertz CT molecular complexity index is 676. The highest BCUT2D eigenvalue weighted by Gasteiger charge is 2.45. The molecule has 0 aromatic heterocycles. The van der Waals surface area contributed by atoms with Crippen LogP contribution >= 0.6 is 0 Å². The minimum atomic E-state index is -0.311. The Balaban J connectivity index is 1.43. The molecule has 0 bridgehead atoms. The molecule has 1 saturated carbocycles. The van der Waals surface area contributed by atoms with Crippen LogP contribution in [-0.2, 0) is 4.74 Å². The summed E-state index contributed by atoms with van der Waals surface area (Å²) in [6, 6.07) is 7.74. The molecule has 4 rings (SSSR count). The third-order valence-corrected chi connectivity index (χ3v) is 6.49. The van der Waals surface area contributed by atoms with Crippen LogP contribution in [0.5, 0.6) is 5.75 Å². The summed E-state index contributed by atoms with van der Waals surface area (Å²) in [7, 11) is 0. The highest BCUT2D eigenvalue weighted by atomic mass is 16.5. The quantitative estimate of drug-likeness (QED) is 0.836. The average molecular weight is 389 g/mol. The molecule has 1 aromatic carbocycles. The van der Waals surface area contributed by atoms with E-state index in [2.05, 4.69) is 11.8 Å². The first-order chi connectivity index (χ1) is 13.7. The lowest BCUT2D eigenvalue weighted by atomic mass is 9.77. The molecule has 3 aliphatic rings. The number of aliphatic hydroxyl groups is 1. The second-order valence-corrected chi connectivity index (χ2v) is 8.33. The molecule has 1 N–H and O–H groups in total. The molecule has 0 spiro atoms. The van der Waals surface area contributed by atoms with E-state index in [4.69, 9.17) is 9.47 Å². The van der Waals surface area contributed by atoms with Crippen LogP contribution in [0.2, 0.25) is 0 Å². The van der Waals surface area contributed by atoms with Gasteiger partial charge < -0.3 is 19.5 Å². The molecule has 1 amide bonds. The molecule has 0 unspecified atom stereocenters. The molecule has 1 aromatic rings. The van der Waals surface area contributed by atoms with Gasteiger partial charge in [-0.3, -0.25) is 9.69 Å². The Labute approximate surface area is 167 Å². The SMILES string of the molecule is CCCOc1ccccc1C(=O)N1C[C@H]2C[C@@H](N3CCOCC3)[C@H](O)C[C@H]2C1. The van der Waals surface area contributed by atoms with Gasteiger partial charge in [0, 0.05) is 32.2 Å². The predicted molar refractivity (Wildman–Crippen MR) is 107 cm³/mol. The van der Waals surface area contributed by atoms with Crippen LogP contribution in [0.25, 0.3) is 0 Å². The number of rotatable bonds is 5. The van der Waals surface area contributed by atoms with E-state index in [0.717, 1.165) is 58.7 Å². The maximum absolute atomic E-state index is 13.2. The van der Waals surface area contributed by atoms with E-state index in [0.29, 0.717) is 29.8 Å². The number of fused-ring (bicyclic) bond motifs is 1. The number of benzene rings is 1. The fourth-order valence-corrected chi connectivity index (χ4v) is 5.03. The van der Waals surface area contributed by atoms with Crippen molar-refractivity contribution in [1.29, 1.82) is 0 Å². The molecule has 2 heterocycles. The van der Waals surface area contributed by atoms with Gasteiger partial charge in [-0.25, -0.2) is 0 Å². The Morgan fingerprint density at radius 1 is 1.18 bits per heavy atom. The van der Waals surface area contributed by atoms with Crippen LogP contribution in [0.15, 0.2) is 24.3 Å². The Morgan fingerprint density at radius 2 is 1.89 bits per heavy atom. The molecule has 4 atom stereocenters. The Kier molecular flexibility index (Phi) is 6.19. The average Bonchev–Trinajstić information content (AvgIpc) is 3.14. The summed E-state index contributed by atoms with van der Waals surface area (Å²) >= 11 is 0. The van der Waals surface area contributed by atoms with Gasteiger partial charge in [-0.1, -0.05) is 19.1 Å². The van der Waals surface area contributed by atoms with Gasteiger partial charge in [0.1, 0.15) is 5.75 Å². The zero-order valence-corrected chi connectivity index (χ0v) is 16.8. The molecule has 0 radical (unpaired) electrons. The summed E-state index contributed by atoms with van der Waals surface area (Å²) in [5.74, 6) is 1.58. The number of hydrogen-bond acceptors (Lipinski definition) is 5. The van der Waals surface area contributed by atoms with Gasteiger partial charge in [0.05, 0.1) is 31.5 Å². The summed E-state index contributed by atoms with van der Waals surface area (Å²) in [6.07, 6.45) is 2.35. The number of ether oxygens (including phenoxy) is 2. The van der Waals surface area contributed by atoms with Gasteiger partial charge in [0.15, 0.2) is 0 Å². The van der Waals surface area contributed by atoms with Crippen LogP contribution in [0.3, 0.4) is 0 Å². The minimum Gasteiger partial charge on any atom is -0.493 e. The van der Waals surface area contributed by atoms with Crippen molar-refractivity contribution in [2.75, 3.05) is 46.0 Å². The summed E-state index contributed by atoms with van der Waals surface area (Å²) in [4.78, 5) is 17.5. The van der Waals surface area contributed by atoms with Crippen LogP contribution < -0.4 is 4.74 Å². The Morgan fingerprint density at radius 3 is 2.64 bits per heavy atom. The van der Waals surface area contributed by atoms with Gasteiger partial charge in [-0.2, -0.15) is 0 Å². The van der Waals surface area contributed by atoms with E-state index < -0.39 is 0 Å². The van der Waals surface area contributed by atoms with Crippen LogP contribution in [0.4, 0.5) is 0 Å². The van der Waals surface area contributed by atoms with Crippen LogP contribution in [0, 0.1) is 11.8 Å². The van der Waals surface area contributed by atoms with Crippen molar-refractivity contribution in [1.82, 2.24) is 9.80 Å². The van der Waals surface area contributed by atoms with Crippen molar-refractivity contribution in [3.8, 4) is 5.75 Å². The zero-order chi connectivity index (χ0) is 19.5. The van der Waals surface area contributed by atoms with E-state index in [1.807, 2.05) is 29.2 Å². The van der Waals surface area contributed by atoms with E-state index in [1.165, 1.54) is 0 Å². The molecule has 2 aliphatic heterocycles. The van der Waals surface area contributed by atoms with Gasteiger partial charge in [0.25, 0.3) is 5.91 Å². The first kappa shape index (κ1) is 19.7. The first-order valence-electron chi connectivity index (χ1n) is 10.7. The number of amides is 1. The second-order valence-electron chi connectivity index (χ2n) is 8.33. The molecule has 2 saturated heterocycles. The Hall–Kier alpha value is -1.63. The van der Waals surface area contributed by atoms with Crippen LogP contribution in [-0.4, -0.2) is 79.0 Å². The maximum atomic E-state index is 13.2. The topological polar surface area (TPSA) is 62.2 Å². The van der Waals surface area contributed by atoms with Gasteiger partial charge in [-0.05, 0) is 43.2 Å². The number of morpholine rings is 1. The normalized spacial score (nSPS) is 30.9. The van der Waals surface area contributed by atoms with Crippen molar-refractivity contribution in [2.24, 2.45) is 11.8 Å². The minimum absolute atomic E-state index is 0.0542. The molecule has 6 nitrogen and oxygen atoms in total. The van der Waals surface area contributed by atoms with E-state index in [9.17, 15) is 9.90 Å². The molecular formula is C22H32N2O4. The smallest absolute Gasteiger partial charge is 0.257 e. The van der Waals surface area contributed by atoms with E-state index in [1.54, 1.807) is 0 Å². The third kappa shape index (κ3) is 4.04. The van der Waals surface area contributed by atoms with Crippen molar-refractivity contribution in [2.45, 2.75) is 38.3 Å². The standard InChI is InChI=1S/C22H32N2O4/c1-2-9-28-21-6-4-3-5-18(21)22(26)24-14-16-12-19(20(25)13-17(16)15-24)23-7-10-27-11-8-23/h3-6,16-17,19-20,25H,2,7-15H2,1H3/t16-,17+,19-,20-/m1/s1. The summed E-state index contributed by atoms with van der Waals surface area (Å²) in [5.41, 5.74) is 0.653. The monoisotopic (exact) mass is 388 g/mol. The number of carbonyl (C=O) groups is 1. The van der Waals surface area contributed by atoms with E-state index >= 15 is 0 Å². The fourth-order valence-electron chi connectivity index (χ4n) is 5.03. The van der Waals surface area contributed by atoms with Gasteiger partial charge in [-0.15, -0.1) is 0 Å². The molecule has 1 aliphatic carbocycles. The molecule has 154 valence electrons. The molecular weight excluding hydrogens is 356 g/mol. The van der Waals surface area contributed by atoms with Crippen molar-refractivity contribution in [3.63, 3.8) is 0 Å². The lowest BCUT2D eigenvalue weighted by molar-refractivity contribution is -0.0520. The largest absolute Gasteiger partial charge is 0.493 e. The molecule has 28 heavy (non-hydrogen) atoms. The van der Waals surface area contributed by atoms with Crippen molar-refractivity contribution >= 4 is 5.91 Å². The van der Waals surface area contributed by atoms with Crippen molar-refractivity contribution in [3.05, 3.63) is 29.8 Å². The number of aliphatic hydroxyl groups excluding tert-OH is 1. The highest BCUT2D eigenvalue weighted by Crippen LogP contribution is 2.39. The maximum Gasteiger partial charge on any atom is 0.257 e. The lowest BCUT2D eigenvalue weighted by Crippen LogP contribution is -2.53. The first-order valence-corrected chi connectivity index (χ1v) is 10.7. The second kappa shape index (κ2) is 8.80. The van der Waals surface area contributed by atoms with E-state index in [-0.39, 0.29) is 18.1 Å². The third-order valence-electron chi connectivity index (χ3n) is 6.49. The van der Waals surface area contributed by atoms with Gasteiger partial charge in [0.2, 0.25) is 0 Å². The number of likely N-dealkylation sites (tertiary alicyclic amines) is 1. The predicted octanol–water partition coefficient (Wildman–Crippen LogP) is 2.02. The number of carbonyl (C=O) groups excluding carboxylic acids is 1. The number of nitrogens with zero attached hydrogens (tertiary/aromatic N) is 2. The number of para-hydroxylation sites is 1. The van der Waals surface area contributed by atoms with Crippen molar-refractivity contribution < 1.29 is 19.4 Å². The summed E-state index contributed by atoms with van der Waals surface area (Å²) in [5, 5.41) is 10.7. The van der Waals surface area contributed by atoms with Gasteiger partial charge >= 0.3 is 0 Å².